The fraction of sp³-hybridized carbons (Fsp3) is 0.480. The number of urea groups is 1. The van der Waals surface area contributed by atoms with Crippen LogP contribution in [0.1, 0.15) is 39.2 Å². The lowest BCUT2D eigenvalue weighted by molar-refractivity contribution is -0.00517. The number of anilines is 2. The van der Waals surface area contributed by atoms with Gasteiger partial charge >= 0.3 is 6.03 Å². The molecule has 2 aliphatic rings. The van der Waals surface area contributed by atoms with Crippen molar-refractivity contribution < 1.29 is 9.53 Å². The summed E-state index contributed by atoms with van der Waals surface area (Å²) in [6.45, 7) is 8.65. The first-order valence-corrected chi connectivity index (χ1v) is 11.1. The molecule has 2 aromatic carbocycles. The first kappa shape index (κ1) is 20.7. The van der Waals surface area contributed by atoms with Gasteiger partial charge in [-0.2, -0.15) is 0 Å². The second-order valence-electron chi connectivity index (χ2n) is 8.80. The van der Waals surface area contributed by atoms with Crippen molar-refractivity contribution in [3.05, 3.63) is 60.2 Å². The molecule has 1 aliphatic carbocycles. The van der Waals surface area contributed by atoms with E-state index in [1.165, 1.54) is 12.8 Å². The van der Waals surface area contributed by atoms with Crippen LogP contribution in [-0.4, -0.2) is 42.3 Å². The summed E-state index contributed by atoms with van der Waals surface area (Å²) in [4.78, 5) is 17.7. The van der Waals surface area contributed by atoms with E-state index < -0.39 is 0 Å². The number of para-hydroxylation sites is 2. The van der Waals surface area contributed by atoms with Gasteiger partial charge in [0.15, 0.2) is 0 Å². The molecule has 1 aliphatic heterocycles. The molecule has 0 aromatic heterocycles. The van der Waals surface area contributed by atoms with Gasteiger partial charge in [0.05, 0.1) is 23.6 Å². The van der Waals surface area contributed by atoms with Gasteiger partial charge in [-0.1, -0.05) is 42.5 Å². The van der Waals surface area contributed by atoms with Crippen LogP contribution in [0.5, 0.6) is 0 Å². The van der Waals surface area contributed by atoms with Crippen molar-refractivity contribution in [1.82, 2.24) is 4.90 Å². The summed E-state index contributed by atoms with van der Waals surface area (Å²) in [7, 11) is 0. The van der Waals surface area contributed by atoms with E-state index in [1.807, 2.05) is 41.3 Å². The van der Waals surface area contributed by atoms with Crippen LogP contribution in [0.2, 0.25) is 0 Å². The highest BCUT2D eigenvalue weighted by Gasteiger charge is 2.34. The molecular weight excluding hydrogens is 374 g/mol. The monoisotopic (exact) mass is 407 g/mol. The molecule has 4 rings (SSSR count). The minimum absolute atomic E-state index is 0.0277. The van der Waals surface area contributed by atoms with Crippen molar-refractivity contribution >= 4 is 17.4 Å². The van der Waals surface area contributed by atoms with Gasteiger partial charge in [0, 0.05) is 25.7 Å². The van der Waals surface area contributed by atoms with E-state index in [0.717, 1.165) is 30.0 Å². The van der Waals surface area contributed by atoms with Crippen LogP contribution in [0.4, 0.5) is 16.2 Å². The van der Waals surface area contributed by atoms with Crippen LogP contribution in [0.15, 0.2) is 54.6 Å². The molecule has 3 unspecified atom stereocenters. The normalized spacial score (nSPS) is 22.4. The Kier molecular flexibility index (Phi) is 6.28. The van der Waals surface area contributed by atoms with Crippen molar-refractivity contribution in [1.29, 1.82) is 0 Å². The van der Waals surface area contributed by atoms with Crippen LogP contribution in [-0.2, 0) is 11.3 Å². The zero-order chi connectivity index (χ0) is 21.1. The SMILES string of the molecule is CC1CN(c2ccccc2NC(=O)N(Cc2ccccc2)C(C)C2CC2)CC(C)O1. The molecule has 160 valence electrons. The lowest BCUT2D eigenvalue weighted by Gasteiger charge is -2.38. The Labute approximate surface area is 180 Å². The molecule has 5 nitrogen and oxygen atoms in total. The molecule has 2 fully saturated rings. The van der Waals surface area contributed by atoms with E-state index in [2.05, 4.69) is 49.2 Å². The predicted molar refractivity (Wildman–Crippen MR) is 122 cm³/mol. The smallest absolute Gasteiger partial charge is 0.322 e. The van der Waals surface area contributed by atoms with Gasteiger partial charge in [-0.05, 0) is 57.2 Å². The lowest BCUT2D eigenvalue weighted by Crippen LogP contribution is -2.46. The van der Waals surface area contributed by atoms with Crippen LogP contribution >= 0.6 is 0 Å². The third-order valence-corrected chi connectivity index (χ3v) is 6.16. The second kappa shape index (κ2) is 9.09. The summed E-state index contributed by atoms with van der Waals surface area (Å²) in [5.41, 5.74) is 3.08. The number of rotatable bonds is 6. The van der Waals surface area contributed by atoms with Gasteiger partial charge in [-0.15, -0.1) is 0 Å². The maximum absolute atomic E-state index is 13.4. The van der Waals surface area contributed by atoms with E-state index in [-0.39, 0.29) is 24.3 Å². The Morgan fingerprint density at radius 1 is 1.07 bits per heavy atom. The number of hydrogen-bond acceptors (Lipinski definition) is 3. The van der Waals surface area contributed by atoms with E-state index >= 15 is 0 Å². The third kappa shape index (κ3) is 4.96. The van der Waals surface area contributed by atoms with Gasteiger partial charge in [0.1, 0.15) is 0 Å². The summed E-state index contributed by atoms with van der Waals surface area (Å²) < 4.78 is 5.89. The van der Waals surface area contributed by atoms with Gasteiger partial charge < -0.3 is 19.9 Å². The molecule has 30 heavy (non-hydrogen) atoms. The number of nitrogens with one attached hydrogen (secondary N) is 1. The Morgan fingerprint density at radius 3 is 2.37 bits per heavy atom. The van der Waals surface area contributed by atoms with Crippen LogP contribution in [0.25, 0.3) is 0 Å². The summed E-state index contributed by atoms with van der Waals surface area (Å²) in [5, 5.41) is 3.23. The Balaban J connectivity index is 1.54. The topological polar surface area (TPSA) is 44.8 Å². The maximum Gasteiger partial charge on any atom is 0.322 e. The first-order valence-electron chi connectivity index (χ1n) is 11.1. The maximum atomic E-state index is 13.4. The molecule has 0 spiro atoms. The zero-order valence-corrected chi connectivity index (χ0v) is 18.3. The van der Waals surface area contributed by atoms with Gasteiger partial charge in [-0.3, -0.25) is 0 Å². The second-order valence-corrected chi connectivity index (χ2v) is 8.80. The number of nitrogens with zero attached hydrogens (tertiary/aromatic N) is 2. The van der Waals surface area contributed by atoms with Crippen molar-refractivity contribution in [3.8, 4) is 0 Å². The van der Waals surface area contributed by atoms with Crippen molar-refractivity contribution in [2.45, 2.75) is 58.4 Å². The van der Waals surface area contributed by atoms with E-state index in [0.29, 0.717) is 12.5 Å². The number of morpholine rings is 1. The van der Waals surface area contributed by atoms with E-state index in [4.69, 9.17) is 4.74 Å². The highest BCUT2D eigenvalue weighted by molar-refractivity contribution is 5.93. The summed E-state index contributed by atoms with van der Waals surface area (Å²) in [5.74, 6) is 0.607. The molecule has 0 bridgehead atoms. The van der Waals surface area contributed by atoms with Gasteiger partial charge in [0.25, 0.3) is 0 Å². The first-order chi connectivity index (χ1) is 14.5. The fourth-order valence-corrected chi connectivity index (χ4v) is 4.43. The molecule has 5 heteroatoms. The molecule has 2 amide bonds. The number of carbonyl (C=O) groups is 1. The predicted octanol–water partition coefficient (Wildman–Crippen LogP) is 5.13. The molecule has 0 radical (unpaired) electrons. The molecule has 1 saturated heterocycles. The molecule has 1 N–H and O–H groups in total. The minimum atomic E-state index is -0.0277. The number of carbonyl (C=O) groups excluding carboxylic acids is 1. The average molecular weight is 408 g/mol. The van der Waals surface area contributed by atoms with E-state index in [9.17, 15) is 4.79 Å². The highest BCUT2D eigenvalue weighted by Crippen LogP contribution is 2.36. The summed E-state index contributed by atoms with van der Waals surface area (Å²) in [6.07, 6.45) is 2.75. The van der Waals surface area contributed by atoms with Crippen LogP contribution in [0.3, 0.4) is 0 Å². The largest absolute Gasteiger partial charge is 0.372 e. The van der Waals surface area contributed by atoms with E-state index in [1.54, 1.807) is 0 Å². The minimum Gasteiger partial charge on any atom is -0.372 e. The Bertz CT molecular complexity index is 842. The van der Waals surface area contributed by atoms with Gasteiger partial charge in [0.2, 0.25) is 0 Å². The zero-order valence-electron chi connectivity index (χ0n) is 18.3. The highest BCUT2D eigenvalue weighted by atomic mass is 16.5. The summed E-state index contributed by atoms with van der Waals surface area (Å²) in [6, 6.07) is 18.6. The Hall–Kier alpha value is -2.53. The number of amides is 2. The number of hydrogen-bond donors (Lipinski definition) is 1. The quantitative estimate of drug-likeness (QED) is 0.722. The fourth-order valence-electron chi connectivity index (χ4n) is 4.43. The molecule has 2 aromatic rings. The van der Waals surface area contributed by atoms with Crippen molar-refractivity contribution in [2.24, 2.45) is 5.92 Å². The Morgan fingerprint density at radius 2 is 1.70 bits per heavy atom. The lowest BCUT2D eigenvalue weighted by atomic mass is 10.1. The number of ether oxygens (including phenoxy) is 1. The number of benzene rings is 2. The molecular formula is C25H33N3O2. The van der Waals surface area contributed by atoms with Gasteiger partial charge in [-0.25, -0.2) is 4.79 Å². The summed E-state index contributed by atoms with van der Waals surface area (Å²) >= 11 is 0. The standard InChI is InChI=1S/C25H33N3O2/c1-18-15-27(16-19(2)30-18)24-12-8-7-11-23(24)26-25(29)28(20(3)22-13-14-22)17-21-9-5-4-6-10-21/h4-12,18-20,22H,13-17H2,1-3H3,(H,26,29). The van der Waals surface area contributed by atoms with Crippen molar-refractivity contribution in [3.63, 3.8) is 0 Å². The average Bonchev–Trinajstić information content (AvgIpc) is 3.57. The van der Waals surface area contributed by atoms with Crippen molar-refractivity contribution in [2.75, 3.05) is 23.3 Å². The van der Waals surface area contributed by atoms with Crippen LogP contribution < -0.4 is 10.2 Å². The molecule has 1 heterocycles. The molecule has 1 saturated carbocycles. The third-order valence-electron chi connectivity index (χ3n) is 6.16. The molecule has 3 atom stereocenters. The van der Waals surface area contributed by atoms with Crippen LogP contribution in [0, 0.1) is 5.92 Å².